The van der Waals surface area contributed by atoms with Gasteiger partial charge in [-0.15, -0.1) is 0 Å². The minimum atomic E-state index is -0.333. The van der Waals surface area contributed by atoms with Gasteiger partial charge in [0.2, 0.25) is 0 Å². The molecule has 19 heavy (non-hydrogen) atoms. The first-order chi connectivity index (χ1) is 9.04. The van der Waals surface area contributed by atoms with Gasteiger partial charge in [0.05, 0.1) is 6.10 Å². The van der Waals surface area contributed by atoms with E-state index in [4.69, 9.17) is 10.00 Å². The number of aliphatic hydroxyl groups is 1. The summed E-state index contributed by atoms with van der Waals surface area (Å²) in [4.78, 5) is 0. The predicted octanol–water partition coefficient (Wildman–Crippen LogP) is 2.26. The van der Waals surface area contributed by atoms with Crippen LogP contribution in [-0.2, 0) is 0 Å². The molecule has 0 aromatic heterocycles. The van der Waals surface area contributed by atoms with Crippen molar-refractivity contribution in [3.8, 4) is 11.8 Å². The molecule has 0 aliphatic rings. The highest BCUT2D eigenvalue weighted by Gasteiger charge is 2.11. The van der Waals surface area contributed by atoms with E-state index in [2.05, 4.69) is 12.2 Å². The van der Waals surface area contributed by atoms with Crippen LogP contribution in [0.4, 0.5) is 0 Å². The van der Waals surface area contributed by atoms with Gasteiger partial charge in [0, 0.05) is 12.6 Å². The summed E-state index contributed by atoms with van der Waals surface area (Å²) in [5, 5.41) is 21.5. The molecule has 1 aromatic carbocycles. The van der Waals surface area contributed by atoms with Crippen molar-refractivity contribution in [3.05, 3.63) is 29.8 Å². The number of rotatable bonds is 7. The molecule has 0 bridgehead atoms. The molecule has 0 fully saturated rings. The van der Waals surface area contributed by atoms with Crippen molar-refractivity contribution in [2.75, 3.05) is 13.2 Å². The maximum absolute atomic E-state index is 9.75. The van der Waals surface area contributed by atoms with Crippen molar-refractivity contribution in [1.82, 2.24) is 5.32 Å². The normalized spacial score (nSPS) is 13.9. The van der Waals surface area contributed by atoms with Crippen LogP contribution < -0.4 is 10.1 Å². The third-order valence-electron chi connectivity index (χ3n) is 3.09. The SMILES string of the molecule is CC(NCC(O)C(C)C)c1ccc(OCC#N)cc1. The van der Waals surface area contributed by atoms with E-state index < -0.39 is 0 Å². The Balaban J connectivity index is 2.49. The van der Waals surface area contributed by atoms with Crippen molar-refractivity contribution >= 4 is 0 Å². The summed E-state index contributed by atoms with van der Waals surface area (Å²) < 4.78 is 5.20. The molecular formula is C15H22N2O2. The van der Waals surface area contributed by atoms with Gasteiger partial charge in [0.1, 0.15) is 11.8 Å². The van der Waals surface area contributed by atoms with Crippen molar-refractivity contribution in [2.24, 2.45) is 5.92 Å². The van der Waals surface area contributed by atoms with Crippen LogP contribution in [0.2, 0.25) is 0 Å². The molecule has 2 atom stereocenters. The monoisotopic (exact) mass is 262 g/mol. The lowest BCUT2D eigenvalue weighted by atomic mass is 10.1. The second-order valence-electron chi connectivity index (χ2n) is 4.96. The summed E-state index contributed by atoms with van der Waals surface area (Å²) in [5.41, 5.74) is 1.13. The van der Waals surface area contributed by atoms with Gasteiger partial charge < -0.3 is 15.2 Å². The molecule has 2 unspecified atom stereocenters. The topological polar surface area (TPSA) is 65.3 Å². The number of benzene rings is 1. The third kappa shape index (κ3) is 5.29. The maximum Gasteiger partial charge on any atom is 0.174 e. The van der Waals surface area contributed by atoms with Gasteiger partial charge in [-0.1, -0.05) is 26.0 Å². The van der Waals surface area contributed by atoms with Gasteiger partial charge in [-0.05, 0) is 30.5 Å². The van der Waals surface area contributed by atoms with Crippen molar-refractivity contribution in [2.45, 2.75) is 32.9 Å². The fourth-order valence-electron chi connectivity index (χ4n) is 1.62. The Bertz CT molecular complexity index is 409. The fraction of sp³-hybridized carbons (Fsp3) is 0.533. The number of ether oxygens (including phenoxy) is 1. The largest absolute Gasteiger partial charge is 0.479 e. The second kappa shape index (κ2) is 7.78. The number of hydrogen-bond acceptors (Lipinski definition) is 4. The smallest absolute Gasteiger partial charge is 0.174 e. The fourth-order valence-corrected chi connectivity index (χ4v) is 1.62. The van der Waals surface area contributed by atoms with E-state index in [-0.39, 0.29) is 24.7 Å². The molecule has 2 N–H and O–H groups in total. The second-order valence-corrected chi connectivity index (χ2v) is 4.96. The van der Waals surface area contributed by atoms with E-state index in [1.54, 1.807) is 0 Å². The molecular weight excluding hydrogens is 240 g/mol. The molecule has 0 radical (unpaired) electrons. The summed E-state index contributed by atoms with van der Waals surface area (Å²) in [7, 11) is 0. The Labute approximate surface area is 115 Å². The Morgan fingerprint density at radius 3 is 2.42 bits per heavy atom. The standard InChI is InChI=1S/C15H22N2O2/c1-11(2)15(18)10-17-12(3)13-4-6-14(7-5-13)19-9-8-16/h4-7,11-12,15,17-18H,9-10H2,1-3H3. The van der Waals surface area contributed by atoms with Crippen LogP contribution in [0.25, 0.3) is 0 Å². The number of hydrogen-bond donors (Lipinski definition) is 2. The van der Waals surface area contributed by atoms with Crippen molar-refractivity contribution in [3.63, 3.8) is 0 Å². The highest BCUT2D eigenvalue weighted by atomic mass is 16.5. The first-order valence-corrected chi connectivity index (χ1v) is 6.55. The number of aliphatic hydroxyl groups excluding tert-OH is 1. The molecule has 0 aliphatic heterocycles. The molecule has 4 heteroatoms. The Morgan fingerprint density at radius 1 is 1.26 bits per heavy atom. The molecule has 0 heterocycles. The molecule has 0 aliphatic carbocycles. The zero-order valence-corrected chi connectivity index (χ0v) is 11.8. The predicted molar refractivity (Wildman–Crippen MR) is 74.8 cm³/mol. The first kappa shape index (κ1) is 15.5. The molecule has 0 spiro atoms. The summed E-state index contributed by atoms with van der Waals surface area (Å²) in [6.07, 6.45) is -0.333. The van der Waals surface area contributed by atoms with Crippen LogP contribution in [0.15, 0.2) is 24.3 Å². The Hall–Kier alpha value is -1.57. The van der Waals surface area contributed by atoms with E-state index >= 15 is 0 Å². The molecule has 104 valence electrons. The zero-order chi connectivity index (χ0) is 14.3. The molecule has 1 rings (SSSR count). The highest BCUT2D eigenvalue weighted by molar-refractivity contribution is 5.29. The maximum atomic E-state index is 9.75. The van der Waals surface area contributed by atoms with E-state index in [1.165, 1.54) is 0 Å². The van der Waals surface area contributed by atoms with Gasteiger partial charge in [-0.3, -0.25) is 0 Å². The van der Waals surface area contributed by atoms with E-state index in [9.17, 15) is 5.11 Å². The average molecular weight is 262 g/mol. The number of nitriles is 1. The van der Waals surface area contributed by atoms with Crippen LogP contribution >= 0.6 is 0 Å². The van der Waals surface area contributed by atoms with E-state index in [1.807, 2.05) is 44.2 Å². The Kier molecular flexibility index (Phi) is 6.34. The van der Waals surface area contributed by atoms with Gasteiger partial charge in [0.25, 0.3) is 0 Å². The van der Waals surface area contributed by atoms with Crippen LogP contribution in [0.1, 0.15) is 32.4 Å². The molecule has 0 amide bonds. The number of nitrogens with zero attached hydrogens (tertiary/aromatic N) is 1. The zero-order valence-electron chi connectivity index (χ0n) is 11.8. The van der Waals surface area contributed by atoms with Crippen molar-refractivity contribution < 1.29 is 9.84 Å². The third-order valence-corrected chi connectivity index (χ3v) is 3.09. The summed E-state index contributed by atoms with van der Waals surface area (Å²) >= 11 is 0. The first-order valence-electron chi connectivity index (χ1n) is 6.55. The van der Waals surface area contributed by atoms with Crippen LogP contribution in [-0.4, -0.2) is 24.4 Å². The van der Waals surface area contributed by atoms with Crippen LogP contribution in [0.5, 0.6) is 5.75 Å². The lowest BCUT2D eigenvalue weighted by Crippen LogP contribution is -2.32. The van der Waals surface area contributed by atoms with E-state index in [0.717, 1.165) is 5.56 Å². The van der Waals surface area contributed by atoms with Crippen LogP contribution in [0, 0.1) is 17.2 Å². The van der Waals surface area contributed by atoms with Gasteiger partial charge >= 0.3 is 0 Å². The van der Waals surface area contributed by atoms with Gasteiger partial charge in [-0.25, -0.2) is 0 Å². The summed E-state index contributed by atoms with van der Waals surface area (Å²) in [6, 6.07) is 9.73. The molecule has 0 saturated heterocycles. The molecule has 4 nitrogen and oxygen atoms in total. The quantitative estimate of drug-likeness (QED) is 0.791. The van der Waals surface area contributed by atoms with Gasteiger partial charge in [0.15, 0.2) is 6.61 Å². The summed E-state index contributed by atoms with van der Waals surface area (Å²) in [6.45, 7) is 6.69. The molecule has 1 aromatic rings. The van der Waals surface area contributed by atoms with Crippen LogP contribution in [0.3, 0.4) is 0 Å². The lowest BCUT2D eigenvalue weighted by Gasteiger charge is -2.19. The van der Waals surface area contributed by atoms with Gasteiger partial charge in [-0.2, -0.15) is 5.26 Å². The minimum Gasteiger partial charge on any atom is -0.479 e. The van der Waals surface area contributed by atoms with Crippen molar-refractivity contribution in [1.29, 1.82) is 5.26 Å². The van der Waals surface area contributed by atoms with E-state index in [0.29, 0.717) is 12.3 Å². The molecule has 0 saturated carbocycles. The highest BCUT2D eigenvalue weighted by Crippen LogP contribution is 2.17. The summed E-state index contributed by atoms with van der Waals surface area (Å²) in [5.74, 6) is 0.946. The minimum absolute atomic E-state index is 0.0632. The Morgan fingerprint density at radius 2 is 1.89 bits per heavy atom. The number of nitrogens with one attached hydrogen (secondary N) is 1. The lowest BCUT2D eigenvalue weighted by molar-refractivity contribution is 0.120. The average Bonchev–Trinajstić information content (AvgIpc) is 2.42.